The standard InChI is InChI=1S/C19H20N4O2/c20-17-18(21-11-14-7-4-10-24-14)22-12-23-19(17)25-16-9-3-6-13-5-1-2-8-15(13)16/h1-3,5-6,8-9,12,14H,4,7,10-11,20H2,(H,21,22,23). The Kier molecular flexibility index (Phi) is 4.35. The van der Waals surface area contributed by atoms with Crippen molar-refractivity contribution in [2.75, 3.05) is 24.2 Å². The van der Waals surface area contributed by atoms with Crippen LogP contribution in [0.3, 0.4) is 0 Å². The zero-order valence-corrected chi connectivity index (χ0v) is 13.8. The minimum Gasteiger partial charge on any atom is -0.436 e. The van der Waals surface area contributed by atoms with Crippen LogP contribution < -0.4 is 15.8 Å². The van der Waals surface area contributed by atoms with E-state index < -0.39 is 0 Å². The topological polar surface area (TPSA) is 82.3 Å². The summed E-state index contributed by atoms with van der Waals surface area (Å²) in [5.41, 5.74) is 6.60. The van der Waals surface area contributed by atoms with Crippen molar-refractivity contribution in [3.05, 3.63) is 48.8 Å². The van der Waals surface area contributed by atoms with E-state index >= 15 is 0 Å². The van der Waals surface area contributed by atoms with Crippen LogP contribution in [0.5, 0.6) is 11.6 Å². The second kappa shape index (κ2) is 6.94. The average Bonchev–Trinajstić information content (AvgIpc) is 3.16. The lowest BCUT2D eigenvalue weighted by molar-refractivity contribution is 0.120. The van der Waals surface area contributed by atoms with Gasteiger partial charge in [0.15, 0.2) is 5.82 Å². The van der Waals surface area contributed by atoms with E-state index in [1.807, 2.05) is 42.5 Å². The molecule has 6 nitrogen and oxygen atoms in total. The molecule has 1 aliphatic heterocycles. The molecule has 1 unspecified atom stereocenters. The van der Waals surface area contributed by atoms with Gasteiger partial charge in [0.25, 0.3) is 0 Å². The number of rotatable bonds is 5. The van der Waals surface area contributed by atoms with Crippen LogP contribution in [0.4, 0.5) is 11.5 Å². The van der Waals surface area contributed by atoms with E-state index in [-0.39, 0.29) is 6.10 Å². The maximum atomic E-state index is 6.21. The summed E-state index contributed by atoms with van der Waals surface area (Å²) in [7, 11) is 0. The van der Waals surface area contributed by atoms with Crippen LogP contribution >= 0.6 is 0 Å². The lowest BCUT2D eigenvalue weighted by atomic mass is 10.1. The molecule has 2 heterocycles. The smallest absolute Gasteiger partial charge is 0.248 e. The van der Waals surface area contributed by atoms with Crippen molar-refractivity contribution in [3.63, 3.8) is 0 Å². The number of hydrogen-bond acceptors (Lipinski definition) is 6. The molecule has 0 saturated carbocycles. The third-order valence-electron chi connectivity index (χ3n) is 4.32. The highest BCUT2D eigenvalue weighted by Crippen LogP contribution is 2.33. The van der Waals surface area contributed by atoms with Gasteiger partial charge in [0.1, 0.15) is 17.8 Å². The van der Waals surface area contributed by atoms with E-state index in [0.29, 0.717) is 29.7 Å². The van der Waals surface area contributed by atoms with Crippen molar-refractivity contribution in [3.8, 4) is 11.6 Å². The summed E-state index contributed by atoms with van der Waals surface area (Å²) in [6, 6.07) is 13.9. The number of nitrogen functional groups attached to an aromatic ring is 1. The molecule has 0 aliphatic carbocycles. The molecule has 128 valence electrons. The van der Waals surface area contributed by atoms with Gasteiger partial charge in [-0.3, -0.25) is 0 Å². The summed E-state index contributed by atoms with van der Waals surface area (Å²) in [5.74, 6) is 1.63. The molecule has 1 aliphatic rings. The predicted octanol–water partition coefficient (Wildman–Crippen LogP) is 3.60. The Morgan fingerprint density at radius 1 is 1.16 bits per heavy atom. The van der Waals surface area contributed by atoms with E-state index in [4.69, 9.17) is 15.2 Å². The monoisotopic (exact) mass is 336 g/mol. The number of anilines is 2. The van der Waals surface area contributed by atoms with Crippen LogP contribution in [0, 0.1) is 0 Å². The van der Waals surface area contributed by atoms with Crippen LogP contribution in [-0.4, -0.2) is 29.2 Å². The van der Waals surface area contributed by atoms with E-state index in [2.05, 4.69) is 15.3 Å². The Balaban J connectivity index is 1.56. The molecule has 3 aromatic rings. The number of nitrogens with one attached hydrogen (secondary N) is 1. The molecule has 1 saturated heterocycles. The zero-order chi connectivity index (χ0) is 17.1. The summed E-state index contributed by atoms with van der Waals surface area (Å²) in [5, 5.41) is 5.35. The maximum Gasteiger partial charge on any atom is 0.248 e. The van der Waals surface area contributed by atoms with E-state index in [1.54, 1.807) is 0 Å². The average molecular weight is 336 g/mol. The Morgan fingerprint density at radius 2 is 2.04 bits per heavy atom. The number of aromatic nitrogens is 2. The van der Waals surface area contributed by atoms with Gasteiger partial charge in [0.05, 0.1) is 6.10 Å². The number of benzene rings is 2. The molecule has 1 aromatic heterocycles. The molecule has 25 heavy (non-hydrogen) atoms. The summed E-state index contributed by atoms with van der Waals surface area (Å²) in [6.07, 6.45) is 3.81. The lowest BCUT2D eigenvalue weighted by Crippen LogP contribution is -2.19. The van der Waals surface area contributed by atoms with Crippen LogP contribution in [0.25, 0.3) is 10.8 Å². The molecule has 4 rings (SSSR count). The second-order valence-electron chi connectivity index (χ2n) is 6.04. The van der Waals surface area contributed by atoms with Crippen LogP contribution in [0.2, 0.25) is 0 Å². The summed E-state index contributed by atoms with van der Waals surface area (Å²) < 4.78 is 11.6. The fourth-order valence-corrected chi connectivity index (χ4v) is 3.01. The molecule has 1 atom stereocenters. The number of ether oxygens (including phenoxy) is 2. The van der Waals surface area contributed by atoms with Crippen molar-refractivity contribution in [1.82, 2.24) is 9.97 Å². The zero-order valence-electron chi connectivity index (χ0n) is 13.8. The van der Waals surface area contributed by atoms with Crippen molar-refractivity contribution in [1.29, 1.82) is 0 Å². The molecule has 0 bridgehead atoms. The van der Waals surface area contributed by atoms with E-state index in [9.17, 15) is 0 Å². The van der Waals surface area contributed by atoms with Crippen molar-refractivity contribution in [2.24, 2.45) is 0 Å². The minimum atomic E-state index is 0.205. The summed E-state index contributed by atoms with van der Waals surface area (Å²) in [4.78, 5) is 8.41. The molecular weight excluding hydrogens is 316 g/mol. The normalized spacial score (nSPS) is 16.9. The first-order chi connectivity index (χ1) is 12.3. The number of hydrogen-bond donors (Lipinski definition) is 2. The maximum absolute atomic E-state index is 6.21. The number of nitrogens with two attached hydrogens (primary N) is 1. The molecular formula is C19H20N4O2. The Bertz CT molecular complexity index is 873. The third kappa shape index (κ3) is 3.34. The van der Waals surface area contributed by atoms with Crippen molar-refractivity contribution in [2.45, 2.75) is 18.9 Å². The van der Waals surface area contributed by atoms with Crippen LogP contribution in [0.15, 0.2) is 48.8 Å². The SMILES string of the molecule is Nc1c(NCC2CCCO2)ncnc1Oc1cccc2ccccc12. The number of fused-ring (bicyclic) bond motifs is 1. The Morgan fingerprint density at radius 3 is 2.92 bits per heavy atom. The summed E-state index contributed by atoms with van der Waals surface area (Å²) >= 11 is 0. The molecule has 3 N–H and O–H groups in total. The first-order valence-corrected chi connectivity index (χ1v) is 8.43. The first kappa shape index (κ1) is 15.7. The van der Waals surface area contributed by atoms with Gasteiger partial charge in [-0.05, 0) is 24.3 Å². The molecule has 1 fully saturated rings. The van der Waals surface area contributed by atoms with Gasteiger partial charge in [0.2, 0.25) is 5.88 Å². The van der Waals surface area contributed by atoms with E-state index in [1.165, 1.54) is 6.33 Å². The molecule has 0 amide bonds. The fraction of sp³-hybridized carbons (Fsp3) is 0.263. The highest BCUT2D eigenvalue weighted by Gasteiger charge is 2.17. The quantitative estimate of drug-likeness (QED) is 0.741. The minimum absolute atomic E-state index is 0.205. The van der Waals surface area contributed by atoms with Gasteiger partial charge in [-0.1, -0.05) is 36.4 Å². The fourth-order valence-electron chi connectivity index (χ4n) is 3.01. The van der Waals surface area contributed by atoms with Gasteiger partial charge in [-0.15, -0.1) is 0 Å². The van der Waals surface area contributed by atoms with Crippen LogP contribution in [0.1, 0.15) is 12.8 Å². The molecule has 0 spiro atoms. The molecule has 6 heteroatoms. The van der Waals surface area contributed by atoms with Gasteiger partial charge in [-0.2, -0.15) is 4.98 Å². The highest BCUT2D eigenvalue weighted by molar-refractivity contribution is 5.88. The van der Waals surface area contributed by atoms with Gasteiger partial charge in [-0.25, -0.2) is 4.98 Å². The Hall–Kier alpha value is -2.86. The van der Waals surface area contributed by atoms with Crippen molar-refractivity contribution >= 4 is 22.3 Å². The predicted molar refractivity (Wildman–Crippen MR) is 97.9 cm³/mol. The third-order valence-corrected chi connectivity index (χ3v) is 4.32. The van der Waals surface area contributed by atoms with Gasteiger partial charge >= 0.3 is 0 Å². The van der Waals surface area contributed by atoms with E-state index in [0.717, 1.165) is 30.2 Å². The lowest BCUT2D eigenvalue weighted by Gasteiger charge is -2.15. The molecule has 0 radical (unpaired) electrons. The van der Waals surface area contributed by atoms with Crippen LogP contribution in [-0.2, 0) is 4.74 Å². The van der Waals surface area contributed by atoms with Gasteiger partial charge in [0, 0.05) is 18.5 Å². The number of nitrogens with zero attached hydrogens (tertiary/aromatic N) is 2. The molecule has 2 aromatic carbocycles. The largest absolute Gasteiger partial charge is 0.436 e. The van der Waals surface area contributed by atoms with Crippen molar-refractivity contribution < 1.29 is 9.47 Å². The second-order valence-corrected chi connectivity index (χ2v) is 6.04. The first-order valence-electron chi connectivity index (χ1n) is 8.43. The summed E-state index contributed by atoms with van der Waals surface area (Å²) in [6.45, 7) is 1.50. The Labute approximate surface area is 146 Å². The highest BCUT2D eigenvalue weighted by atomic mass is 16.5. The van der Waals surface area contributed by atoms with Gasteiger partial charge < -0.3 is 20.5 Å².